The summed E-state index contributed by atoms with van der Waals surface area (Å²) in [6.07, 6.45) is -3.11. The lowest BCUT2D eigenvalue weighted by Crippen LogP contribution is -2.42. The molecule has 0 spiro atoms. The van der Waals surface area contributed by atoms with Crippen LogP contribution in [0.5, 0.6) is 5.75 Å². The molecule has 2 atom stereocenters. The molecule has 2 heterocycles. The maximum atomic E-state index is 13.0. The maximum absolute atomic E-state index is 13.0. The van der Waals surface area contributed by atoms with Crippen LogP contribution in [0.4, 0.5) is 13.2 Å². The second-order valence-corrected chi connectivity index (χ2v) is 7.49. The number of carbonyl (C=O) groups excluding carboxylic acids is 2. The molecule has 0 aliphatic carbocycles. The van der Waals surface area contributed by atoms with Gasteiger partial charge in [0, 0.05) is 25.3 Å². The van der Waals surface area contributed by atoms with Crippen LogP contribution in [0.3, 0.4) is 0 Å². The van der Waals surface area contributed by atoms with E-state index in [9.17, 15) is 22.8 Å². The predicted octanol–water partition coefficient (Wildman–Crippen LogP) is 3.58. The molecular weight excluding hydrogens is 413 g/mol. The van der Waals surface area contributed by atoms with Gasteiger partial charge in [-0.25, -0.2) is 0 Å². The lowest BCUT2D eigenvalue weighted by molar-refractivity contribution is -0.274. The first kappa shape index (κ1) is 21.2. The highest BCUT2D eigenvalue weighted by atomic mass is 19.4. The van der Waals surface area contributed by atoms with Gasteiger partial charge in [-0.3, -0.25) is 9.59 Å². The summed E-state index contributed by atoms with van der Waals surface area (Å²) in [6, 6.07) is 11.5. The number of nitrogens with zero attached hydrogens (tertiary/aromatic N) is 1. The third-order valence-electron chi connectivity index (χ3n) is 5.35. The Labute approximate surface area is 176 Å². The number of nitrogens with one attached hydrogen (secondary N) is 1. The van der Waals surface area contributed by atoms with Crippen molar-refractivity contribution in [3.63, 3.8) is 0 Å². The van der Waals surface area contributed by atoms with E-state index in [1.807, 2.05) is 0 Å². The standard InChI is InChI=1S/C22H21F3N2O4/c23-22(24,25)31-15-9-7-14(8-10-15)12-26-20(28)19-17-5-1-2-6-18(17)21(29)27(19)13-16-4-3-11-30-16/h1-2,5-10,16,19H,3-4,11-13H2,(H,26,28)/t16-,19?/m1/s1. The van der Waals surface area contributed by atoms with Crippen LogP contribution in [0.2, 0.25) is 0 Å². The minimum atomic E-state index is -4.76. The predicted molar refractivity (Wildman–Crippen MR) is 104 cm³/mol. The molecule has 2 aliphatic rings. The van der Waals surface area contributed by atoms with Crippen LogP contribution in [0, 0.1) is 0 Å². The number of alkyl halides is 3. The summed E-state index contributed by atoms with van der Waals surface area (Å²) < 4.78 is 46.3. The summed E-state index contributed by atoms with van der Waals surface area (Å²) in [6.45, 7) is 1.07. The van der Waals surface area contributed by atoms with E-state index in [-0.39, 0.29) is 30.2 Å². The zero-order valence-corrected chi connectivity index (χ0v) is 16.5. The molecule has 4 rings (SSSR count). The molecule has 9 heteroatoms. The van der Waals surface area contributed by atoms with Crippen LogP contribution >= 0.6 is 0 Å². The highest BCUT2D eigenvalue weighted by Gasteiger charge is 2.42. The Morgan fingerprint density at radius 1 is 1.16 bits per heavy atom. The number of rotatable bonds is 6. The third-order valence-corrected chi connectivity index (χ3v) is 5.35. The van der Waals surface area contributed by atoms with Crippen LogP contribution in [0.25, 0.3) is 0 Å². The maximum Gasteiger partial charge on any atom is 0.573 e. The molecule has 1 fully saturated rings. The summed E-state index contributed by atoms with van der Waals surface area (Å²) >= 11 is 0. The summed E-state index contributed by atoms with van der Waals surface area (Å²) in [4.78, 5) is 27.5. The summed E-state index contributed by atoms with van der Waals surface area (Å²) in [7, 11) is 0. The Bertz CT molecular complexity index is 956. The van der Waals surface area contributed by atoms with E-state index in [2.05, 4.69) is 10.1 Å². The number of ether oxygens (including phenoxy) is 2. The van der Waals surface area contributed by atoms with Gasteiger partial charge in [-0.15, -0.1) is 13.2 Å². The van der Waals surface area contributed by atoms with Gasteiger partial charge in [-0.1, -0.05) is 30.3 Å². The molecule has 2 amide bonds. The highest BCUT2D eigenvalue weighted by molar-refractivity contribution is 6.04. The van der Waals surface area contributed by atoms with Crippen molar-refractivity contribution in [1.29, 1.82) is 0 Å². The van der Waals surface area contributed by atoms with Gasteiger partial charge < -0.3 is 19.7 Å². The number of fused-ring (bicyclic) bond motifs is 1. The zero-order valence-electron chi connectivity index (χ0n) is 16.5. The summed E-state index contributed by atoms with van der Waals surface area (Å²) in [5.74, 6) is -0.896. The molecule has 2 aliphatic heterocycles. The number of benzene rings is 2. The fraction of sp³-hybridized carbons (Fsp3) is 0.364. The molecule has 1 unspecified atom stereocenters. The molecule has 0 bridgehead atoms. The van der Waals surface area contributed by atoms with Crippen LogP contribution < -0.4 is 10.1 Å². The molecule has 2 aromatic rings. The van der Waals surface area contributed by atoms with Crippen molar-refractivity contribution in [2.75, 3.05) is 13.2 Å². The van der Waals surface area contributed by atoms with E-state index in [1.165, 1.54) is 29.2 Å². The first-order valence-corrected chi connectivity index (χ1v) is 9.96. The van der Waals surface area contributed by atoms with E-state index in [1.54, 1.807) is 24.3 Å². The number of hydrogen-bond acceptors (Lipinski definition) is 4. The van der Waals surface area contributed by atoms with Gasteiger partial charge in [0.25, 0.3) is 5.91 Å². The normalized spacial score (nSPS) is 20.6. The minimum Gasteiger partial charge on any atom is -0.406 e. The highest BCUT2D eigenvalue weighted by Crippen LogP contribution is 2.35. The topological polar surface area (TPSA) is 67.9 Å². The van der Waals surface area contributed by atoms with Gasteiger partial charge in [0.15, 0.2) is 0 Å². The van der Waals surface area contributed by atoms with Gasteiger partial charge in [0.2, 0.25) is 5.91 Å². The van der Waals surface area contributed by atoms with Gasteiger partial charge in [0.05, 0.1) is 6.10 Å². The average Bonchev–Trinajstić information content (AvgIpc) is 3.34. The second-order valence-electron chi connectivity index (χ2n) is 7.49. The molecule has 164 valence electrons. The molecule has 2 aromatic carbocycles. The quantitative estimate of drug-likeness (QED) is 0.755. The van der Waals surface area contributed by atoms with Crippen LogP contribution in [0.15, 0.2) is 48.5 Å². The van der Waals surface area contributed by atoms with E-state index >= 15 is 0 Å². The molecule has 0 radical (unpaired) electrons. The molecule has 31 heavy (non-hydrogen) atoms. The van der Waals surface area contributed by atoms with Crippen LogP contribution in [-0.4, -0.2) is 42.3 Å². The number of amides is 2. The van der Waals surface area contributed by atoms with E-state index in [4.69, 9.17) is 4.74 Å². The largest absolute Gasteiger partial charge is 0.573 e. The van der Waals surface area contributed by atoms with E-state index in [0.29, 0.717) is 29.8 Å². The van der Waals surface area contributed by atoms with Crippen molar-refractivity contribution in [3.05, 3.63) is 65.2 Å². The zero-order chi connectivity index (χ0) is 22.0. The van der Waals surface area contributed by atoms with Crippen molar-refractivity contribution in [3.8, 4) is 5.75 Å². The number of carbonyl (C=O) groups is 2. The minimum absolute atomic E-state index is 0.102. The van der Waals surface area contributed by atoms with Crippen LogP contribution in [-0.2, 0) is 16.1 Å². The van der Waals surface area contributed by atoms with Gasteiger partial charge in [-0.2, -0.15) is 0 Å². The Kier molecular flexibility index (Phi) is 5.86. The number of halogens is 3. The van der Waals surface area contributed by atoms with Crippen molar-refractivity contribution < 1.29 is 32.2 Å². The SMILES string of the molecule is O=C(NCc1ccc(OC(F)(F)F)cc1)C1c2ccccc2C(=O)N1C[C@H]1CCCO1. The van der Waals surface area contributed by atoms with E-state index < -0.39 is 12.4 Å². The van der Waals surface area contributed by atoms with Gasteiger partial charge >= 0.3 is 6.36 Å². The van der Waals surface area contributed by atoms with Crippen molar-refractivity contribution in [2.24, 2.45) is 0 Å². The lowest BCUT2D eigenvalue weighted by Gasteiger charge is -2.27. The van der Waals surface area contributed by atoms with Gasteiger partial charge in [0.1, 0.15) is 11.8 Å². The fourth-order valence-corrected chi connectivity index (χ4v) is 3.94. The Hall–Kier alpha value is -3.07. The molecule has 0 saturated carbocycles. The Morgan fingerprint density at radius 3 is 2.58 bits per heavy atom. The van der Waals surface area contributed by atoms with Gasteiger partial charge in [-0.05, 0) is 42.2 Å². The van der Waals surface area contributed by atoms with Crippen molar-refractivity contribution in [2.45, 2.75) is 37.9 Å². The molecule has 6 nitrogen and oxygen atoms in total. The molecule has 1 N–H and O–H groups in total. The van der Waals surface area contributed by atoms with E-state index in [0.717, 1.165) is 12.8 Å². The molecule has 0 aromatic heterocycles. The van der Waals surface area contributed by atoms with Crippen molar-refractivity contribution in [1.82, 2.24) is 10.2 Å². The number of hydrogen-bond donors (Lipinski definition) is 1. The first-order chi connectivity index (χ1) is 14.8. The van der Waals surface area contributed by atoms with Crippen molar-refractivity contribution >= 4 is 11.8 Å². The first-order valence-electron chi connectivity index (χ1n) is 9.96. The second kappa shape index (κ2) is 8.58. The molecule has 1 saturated heterocycles. The summed E-state index contributed by atoms with van der Waals surface area (Å²) in [5.41, 5.74) is 1.73. The summed E-state index contributed by atoms with van der Waals surface area (Å²) in [5, 5.41) is 2.79. The fourth-order valence-electron chi connectivity index (χ4n) is 3.94. The lowest BCUT2D eigenvalue weighted by atomic mass is 10.0. The Balaban J connectivity index is 1.45. The Morgan fingerprint density at radius 2 is 1.90 bits per heavy atom. The monoisotopic (exact) mass is 434 g/mol. The molecular formula is C22H21F3N2O4. The average molecular weight is 434 g/mol. The van der Waals surface area contributed by atoms with Crippen LogP contribution in [0.1, 0.15) is 40.4 Å². The third kappa shape index (κ3) is 4.82. The smallest absolute Gasteiger partial charge is 0.406 e.